The molecule has 18 heavy (non-hydrogen) atoms. The minimum Gasteiger partial charge on any atom is -0.247 e. The quantitative estimate of drug-likeness (QED) is 0.643. The molecule has 0 bridgehead atoms. The zero-order chi connectivity index (χ0) is 13.1. The largest absolute Gasteiger partial charge is 0.247 e. The van der Waals surface area contributed by atoms with E-state index in [9.17, 15) is 8.78 Å². The van der Waals surface area contributed by atoms with Gasteiger partial charge in [0.2, 0.25) is 0 Å². The van der Waals surface area contributed by atoms with Crippen molar-refractivity contribution in [1.29, 1.82) is 0 Å². The highest BCUT2D eigenvalue weighted by Crippen LogP contribution is 2.44. The molecule has 2 heteroatoms. The van der Waals surface area contributed by atoms with E-state index >= 15 is 0 Å². The second kappa shape index (κ2) is 6.34. The summed E-state index contributed by atoms with van der Waals surface area (Å²) in [4.78, 5) is 0. The van der Waals surface area contributed by atoms with E-state index in [0.717, 1.165) is 38.5 Å². The van der Waals surface area contributed by atoms with Gasteiger partial charge in [-0.15, -0.1) is 0 Å². The van der Waals surface area contributed by atoms with Crippen LogP contribution in [0.1, 0.15) is 65.2 Å². The summed E-state index contributed by atoms with van der Waals surface area (Å²) in [6.45, 7) is 4.26. The molecular formula is C16H28F2. The molecule has 0 aromatic rings. The molecule has 0 amide bonds. The highest BCUT2D eigenvalue weighted by atomic mass is 19.1. The first-order chi connectivity index (χ1) is 8.61. The van der Waals surface area contributed by atoms with Gasteiger partial charge in [-0.2, -0.15) is 0 Å². The number of alkyl halides is 2. The molecule has 2 fully saturated rings. The van der Waals surface area contributed by atoms with Gasteiger partial charge in [-0.05, 0) is 62.2 Å². The zero-order valence-corrected chi connectivity index (χ0v) is 11.9. The zero-order valence-electron chi connectivity index (χ0n) is 11.9. The lowest BCUT2D eigenvalue weighted by Crippen LogP contribution is -2.36. The van der Waals surface area contributed by atoms with E-state index in [0.29, 0.717) is 24.7 Å². The molecule has 2 aliphatic rings. The van der Waals surface area contributed by atoms with Crippen LogP contribution in [0.5, 0.6) is 0 Å². The SMILES string of the molecule is CCCC1CCC(C2CCC(C)CC2F)CC1F. The van der Waals surface area contributed by atoms with E-state index in [1.807, 2.05) is 0 Å². The molecule has 2 saturated carbocycles. The van der Waals surface area contributed by atoms with Gasteiger partial charge in [0.05, 0.1) is 0 Å². The average molecular weight is 258 g/mol. The molecular weight excluding hydrogens is 230 g/mol. The maximum absolute atomic E-state index is 14.1. The summed E-state index contributed by atoms with van der Waals surface area (Å²) in [5.41, 5.74) is 0. The first-order valence-corrected chi connectivity index (χ1v) is 7.90. The summed E-state index contributed by atoms with van der Waals surface area (Å²) in [5, 5.41) is 0. The molecule has 0 aliphatic heterocycles. The lowest BCUT2D eigenvalue weighted by Gasteiger charge is -2.40. The molecule has 0 radical (unpaired) electrons. The van der Waals surface area contributed by atoms with Crippen LogP contribution in [0.4, 0.5) is 8.78 Å². The van der Waals surface area contributed by atoms with Crippen molar-refractivity contribution < 1.29 is 8.78 Å². The molecule has 0 nitrogen and oxygen atoms in total. The first-order valence-electron chi connectivity index (χ1n) is 7.90. The van der Waals surface area contributed by atoms with Crippen LogP contribution in [0.2, 0.25) is 0 Å². The Bertz CT molecular complexity index is 253. The van der Waals surface area contributed by atoms with Gasteiger partial charge in [0.1, 0.15) is 12.3 Å². The lowest BCUT2D eigenvalue weighted by molar-refractivity contribution is 0.0300. The maximum atomic E-state index is 14.1. The number of rotatable bonds is 3. The van der Waals surface area contributed by atoms with Crippen LogP contribution in [-0.2, 0) is 0 Å². The summed E-state index contributed by atoms with van der Waals surface area (Å²) in [6, 6.07) is 0. The van der Waals surface area contributed by atoms with Crippen molar-refractivity contribution >= 4 is 0 Å². The lowest BCUT2D eigenvalue weighted by atomic mass is 9.67. The molecule has 6 unspecified atom stereocenters. The third-order valence-electron chi connectivity index (χ3n) is 5.30. The summed E-state index contributed by atoms with van der Waals surface area (Å²) in [7, 11) is 0. The Morgan fingerprint density at radius 2 is 1.72 bits per heavy atom. The Morgan fingerprint density at radius 3 is 2.33 bits per heavy atom. The third-order valence-corrected chi connectivity index (χ3v) is 5.30. The van der Waals surface area contributed by atoms with E-state index in [1.165, 1.54) is 0 Å². The van der Waals surface area contributed by atoms with Crippen LogP contribution in [0.3, 0.4) is 0 Å². The van der Waals surface area contributed by atoms with Crippen LogP contribution in [-0.4, -0.2) is 12.3 Å². The molecule has 0 heterocycles. The molecule has 0 aromatic carbocycles. The van der Waals surface area contributed by atoms with E-state index in [2.05, 4.69) is 13.8 Å². The number of hydrogen-bond donors (Lipinski definition) is 0. The number of hydrogen-bond acceptors (Lipinski definition) is 0. The Hall–Kier alpha value is -0.140. The fourth-order valence-electron chi connectivity index (χ4n) is 4.16. The second-order valence-electron chi connectivity index (χ2n) is 6.74. The highest BCUT2D eigenvalue weighted by molar-refractivity contribution is 4.89. The summed E-state index contributed by atoms with van der Waals surface area (Å²) in [6.07, 6.45) is 6.24. The molecule has 106 valence electrons. The number of halogens is 2. The summed E-state index contributed by atoms with van der Waals surface area (Å²) in [5.74, 6) is 1.25. The topological polar surface area (TPSA) is 0 Å². The van der Waals surface area contributed by atoms with Crippen molar-refractivity contribution in [2.45, 2.75) is 77.6 Å². The summed E-state index contributed by atoms with van der Waals surface area (Å²) < 4.78 is 28.3. The van der Waals surface area contributed by atoms with Crippen molar-refractivity contribution in [3.05, 3.63) is 0 Å². The average Bonchev–Trinajstić information content (AvgIpc) is 2.32. The monoisotopic (exact) mass is 258 g/mol. The maximum Gasteiger partial charge on any atom is 0.103 e. The van der Waals surface area contributed by atoms with Gasteiger partial charge >= 0.3 is 0 Å². The fourth-order valence-corrected chi connectivity index (χ4v) is 4.16. The van der Waals surface area contributed by atoms with Gasteiger partial charge in [0.25, 0.3) is 0 Å². The van der Waals surface area contributed by atoms with Gasteiger partial charge < -0.3 is 0 Å². The van der Waals surface area contributed by atoms with E-state index in [1.54, 1.807) is 0 Å². The Balaban J connectivity index is 1.87. The molecule has 2 aliphatic carbocycles. The summed E-state index contributed by atoms with van der Waals surface area (Å²) >= 11 is 0. The van der Waals surface area contributed by atoms with E-state index in [4.69, 9.17) is 0 Å². The molecule has 0 spiro atoms. The highest BCUT2D eigenvalue weighted by Gasteiger charge is 2.39. The molecule has 6 atom stereocenters. The molecule has 0 N–H and O–H groups in total. The van der Waals surface area contributed by atoms with Gasteiger partial charge in [0, 0.05) is 0 Å². The predicted octanol–water partition coefficient (Wildman–Crippen LogP) is 5.32. The Morgan fingerprint density at radius 1 is 0.944 bits per heavy atom. The van der Waals surface area contributed by atoms with Crippen LogP contribution >= 0.6 is 0 Å². The van der Waals surface area contributed by atoms with Gasteiger partial charge in [-0.1, -0.05) is 26.7 Å². The van der Waals surface area contributed by atoms with Gasteiger partial charge in [-0.25, -0.2) is 8.78 Å². The van der Waals surface area contributed by atoms with E-state index in [-0.39, 0.29) is 11.8 Å². The minimum absolute atomic E-state index is 0.155. The normalized spacial score (nSPS) is 46.0. The van der Waals surface area contributed by atoms with Crippen LogP contribution in [0, 0.1) is 23.7 Å². The second-order valence-corrected chi connectivity index (χ2v) is 6.74. The Labute approximate surface area is 111 Å². The first kappa shape index (κ1) is 14.3. The van der Waals surface area contributed by atoms with Crippen molar-refractivity contribution in [3.63, 3.8) is 0 Å². The smallest absolute Gasteiger partial charge is 0.103 e. The predicted molar refractivity (Wildman–Crippen MR) is 72.0 cm³/mol. The van der Waals surface area contributed by atoms with Crippen LogP contribution < -0.4 is 0 Å². The van der Waals surface area contributed by atoms with Gasteiger partial charge in [0.15, 0.2) is 0 Å². The van der Waals surface area contributed by atoms with Crippen molar-refractivity contribution in [1.82, 2.24) is 0 Å². The van der Waals surface area contributed by atoms with Crippen molar-refractivity contribution in [3.8, 4) is 0 Å². The minimum atomic E-state index is -0.673. The molecule has 2 rings (SSSR count). The fraction of sp³-hybridized carbons (Fsp3) is 1.00. The standard InChI is InChI=1S/C16H28F2/c1-3-4-12-6-7-13(10-15(12)17)14-8-5-11(2)9-16(14)18/h11-16H,3-10H2,1-2H3. The molecule has 0 aromatic heterocycles. The van der Waals surface area contributed by atoms with Crippen LogP contribution in [0.15, 0.2) is 0 Å². The molecule has 0 saturated heterocycles. The third kappa shape index (κ3) is 3.24. The Kier molecular flexibility index (Phi) is 5.03. The van der Waals surface area contributed by atoms with E-state index < -0.39 is 12.3 Å². The van der Waals surface area contributed by atoms with Crippen LogP contribution in [0.25, 0.3) is 0 Å². The van der Waals surface area contributed by atoms with Gasteiger partial charge in [-0.3, -0.25) is 0 Å². The van der Waals surface area contributed by atoms with Crippen molar-refractivity contribution in [2.75, 3.05) is 0 Å². The van der Waals surface area contributed by atoms with Crippen molar-refractivity contribution in [2.24, 2.45) is 23.7 Å².